The van der Waals surface area contributed by atoms with Crippen LogP contribution in [-0.4, -0.2) is 40.4 Å². The molecular weight excluding hydrogens is 452 g/mol. The van der Waals surface area contributed by atoms with Crippen molar-refractivity contribution in [3.8, 4) is 22.9 Å². The second kappa shape index (κ2) is 8.69. The molecule has 0 aliphatic carbocycles. The summed E-state index contributed by atoms with van der Waals surface area (Å²) < 4.78 is 14.5. The van der Waals surface area contributed by atoms with E-state index in [1.54, 1.807) is 14.2 Å². The van der Waals surface area contributed by atoms with Crippen molar-refractivity contribution in [2.45, 2.75) is 25.6 Å². The molecular formula is C21H23BrN4O2S. The first-order valence-electron chi connectivity index (χ1n) is 9.48. The molecule has 4 rings (SSSR count). The molecule has 0 spiro atoms. The van der Waals surface area contributed by atoms with Crippen LogP contribution in [0.5, 0.6) is 11.5 Å². The molecule has 6 nitrogen and oxygen atoms in total. The minimum Gasteiger partial charge on any atom is -0.497 e. The molecule has 1 aliphatic rings. The van der Waals surface area contributed by atoms with Gasteiger partial charge in [-0.1, -0.05) is 34.1 Å². The van der Waals surface area contributed by atoms with E-state index in [2.05, 4.69) is 37.0 Å². The molecule has 2 aromatic carbocycles. The van der Waals surface area contributed by atoms with Crippen molar-refractivity contribution in [3.63, 3.8) is 0 Å². The van der Waals surface area contributed by atoms with Crippen LogP contribution in [0.1, 0.15) is 24.4 Å². The van der Waals surface area contributed by atoms with Gasteiger partial charge in [-0.2, -0.15) is 4.98 Å². The zero-order valence-electron chi connectivity index (χ0n) is 16.4. The van der Waals surface area contributed by atoms with Gasteiger partial charge in [0.15, 0.2) is 5.82 Å². The van der Waals surface area contributed by atoms with Crippen LogP contribution in [0, 0.1) is 4.77 Å². The lowest BCUT2D eigenvalue weighted by Crippen LogP contribution is -2.27. The molecule has 1 N–H and O–H groups in total. The number of H-pyrrole nitrogens is 1. The molecule has 152 valence electrons. The lowest BCUT2D eigenvalue weighted by Gasteiger charge is -2.26. The van der Waals surface area contributed by atoms with Crippen LogP contribution in [0.15, 0.2) is 46.9 Å². The first-order valence-corrected chi connectivity index (χ1v) is 10.7. The van der Waals surface area contributed by atoms with Crippen LogP contribution in [0.3, 0.4) is 0 Å². The number of nitrogens with one attached hydrogen (secondary N) is 1. The topological polar surface area (TPSA) is 55.3 Å². The van der Waals surface area contributed by atoms with Crippen molar-refractivity contribution < 1.29 is 9.47 Å². The van der Waals surface area contributed by atoms with E-state index >= 15 is 0 Å². The van der Waals surface area contributed by atoms with Crippen LogP contribution in [0.4, 0.5) is 0 Å². The number of hydrogen-bond donors (Lipinski definition) is 1. The molecule has 0 bridgehead atoms. The summed E-state index contributed by atoms with van der Waals surface area (Å²) in [6.07, 6.45) is 2.17. The van der Waals surface area contributed by atoms with E-state index in [0.29, 0.717) is 11.4 Å². The van der Waals surface area contributed by atoms with Crippen LogP contribution >= 0.6 is 28.1 Å². The van der Waals surface area contributed by atoms with Crippen LogP contribution in [-0.2, 0) is 6.67 Å². The molecule has 1 aliphatic heterocycles. The zero-order valence-corrected chi connectivity index (χ0v) is 18.8. The molecule has 3 aromatic rings. The van der Waals surface area contributed by atoms with Gasteiger partial charge in [0.2, 0.25) is 4.77 Å². The highest BCUT2D eigenvalue weighted by molar-refractivity contribution is 9.10. The average Bonchev–Trinajstić information content (AvgIpc) is 3.34. The Labute approximate surface area is 183 Å². The zero-order chi connectivity index (χ0) is 20.4. The fourth-order valence-electron chi connectivity index (χ4n) is 3.86. The van der Waals surface area contributed by atoms with Gasteiger partial charge in [0.25, 0.3) is 0 Å². The monoisotopic (exact) mass is 474 g/mol. The highest BCUT2D eigenvalue weighted by Gasteiger charge is 2.29. The Morgan fingerprint density at radius 1 is 1.21 bits per heavy atom. The number of methoxy groups -OCH3 is 2. The van der Waals surface area contributed by atoms with Crippen molar-refractivity contribution in [2.24, 2.45) is 0 Å². The van der Waals surface area contributed by atoms with Gasteiger partial charge in [-0.3, -0.25) is 10.00 Å². The summed E-state index contributed by atoms with van der Waals surface area (Å²) in [7, 11) is 3.39. The molecule has 0 saturated carbocycles. The summed E-state index contributed by atoms with van der Waals surface area (Å²) in [4.78, 5) is 6.96. The highest BCUT2D eigenvalue weighted by Crippen LogP contribution is 2.39. The first kappa shape index (κ1) is 20.1. The predicted octanol–water partition coefficient (Wildman–Crippen LogP) is 5.18. The van der Waals surface area contributed by atoms with E-state index in [1.165, 1.54) is 0 Å². The molecule has 0 radical (unpaired) electrons. The van der Waals surface area contributed by atoms with Crippen molar-refractivity contribution in [1.29, 1.82) is 0 Å². The molecule has 0 unspecified atom stereocenters. The maximum atomic E-state index is 5.62. The normalized spacial score (nSPS) is 16.9. The Hall–Kier alpha value is -2.16. The second-order valence-corrected chi connectivity index (χ2v) is 8.20. The SMILES string of the molecule is COc1ccc(OC)c([C@H]2CCCN2Cn2[nH]c(-c3ccccc3Br)nc2=S)c1. The molecule has 0 amide bonds. The lowest BCUT2D eigenvalue weighted by molar-refractivity contribution is 0.187. The Morgan fingerprint density at radius 2 is 2.03 bits per heavy atom. The molecule has 1 aromatic heterocycles. The lowest BCUT2D eigenvalue weighted by atomic mass is 10.0. The van der Waals surface area contributed by atoms with Gasteiger partial charge >= 0.3 is 0 Å². The Kier molecular flexibility index (Phi) is 6.03. The number of likely N-dealkylation sites (tertiary alicyclic amines) is 1. The number of benzene rings is 2. The third kappa shape index (κ3) is 4.10. The Morgan fingerprint density at radius 3 is 2.79 bits per heavy atom. The summed E-state index contributed by atoms with van der Waals surface area (Å²) in [6.45, 7) is 1.62. The van der Waals surface area contributed by atoms with E-state index in [1.807, 2.05) is 41.1 Å². The Bertz CT molecular complexity index is 1060. The molecule has 8 heteroatoms. The summed E-state index contributed by atoms with van der Waals surface area (Å²) in [5.74, 6) is 2.48. The maximum absolute atomic E-state index is 5.62. The predicted molar refractivity (Wildman–Crippen MR) is 119 cm³/mol. The molecule has 2 heterocycles. The van der Waals surface area contributed by atoms with Gasteiger partial charge in [0.05, 0.1) is 20.9 Å². The minimum atomic E-state index is 0.233. The highest BCUT2D eigenvalue weighted by atomic mass is 79.9. The van der Waals surface area contributed by atoms with Crippen molar-refractivity contribution >= 4 is 28.1 Å². The number of hydrogen-bond acceptors (Lipinski definition) is 5. The van der Waals surface area contributed by atoms with E-state index in [-0.39, 0.29) is 6.04 Å². The minimum absolute atomic E-state index is 0.233. The first-order chi connectivity index (χ1) is 14.1. The van der Waals surface area contributed by atoms with Crippen molar-refractivity contribution in [3.05, 3.63) is 57.3 Å². The summed E-state index contributed by atoms with van der Waals surface area (Å²) in [6, 6.07) is 14.2. The quantitative estimate of drug-likeness (QED) is 0.498. The molecule has 1 saturated heterocycles. The second-order valence-electron chi connectivity index (χ2n) is 6.98. The Balaban J connectivity index is 1.62. The number of rotatable bonds is 6. The number of ether oxygens (including phenoxy) is 2. The summed E-state index contributed by atoms with van der Waals surface area (Å²) in [5, 5.41) is 3.36. The smallest absolute Gasteiger partial charge is 0.217 e. The van der Waals surface area contributed by atoms with Crippen molar-refractivity contribution in [2.75, 3.05) is 20.8 Å². The standard InChI is InChI=1S/C21H23BrN4O2S/c1-27-14-9-10-19(28-2)16(12-14)18-8-5-11-25(18)13-26-21(29)23-20(24-26)15-6-3-4-7-17(15)22/h3-4,6-7,9-10,12,18H,5,8,11,13H2,1-2H3,(H,23,24,29)/t18-/m1/s1. The van der Waals surface area contributed by atoms with Gasteiger partial charge in [0, 0.05) is 28.2 Å². The largest absolute Gasteiger partial charge is 0.497 e. The van der Waals surface area contributed by atoms with Gasteiger partial charge in [0.1, 0.15) is 11.5 Å². The summed E-state index contributed by atoms with van der Waals surface area (Å²) >= 11 is 9.11. The van der Waals surface area contributed by atoms with Gasteiger partial charge < -0.3 is 9.47 Å². The van der Waals surface area contributed by atoms with Gasteiger partial charge in [-0.25, -0.2) is 4.68 Å². The third-order valence-electron chi connectivity index (χ3n) is 5.29. The fourth-order valence-corrected chi connectivity index (χ4v) is 4.52. The van der Waals surface area contributed by atoms with Crippen LogP contribution < -0.4 is 9.47 Å². The van der Waals surface area contributed by atoms with E-state index < -0.39 is 0 Å². The van der Waals surface area contributed by atoms with E-state index in [0.717, 1.165) is 52.3 Å². The maximum Gasteiger partial charge on any atom is 0.217 e. The number of halogens is 1. The molecule has 1 atom stereocenters. The van der Waals surface area contributed by atoms with Crippen LogP contribution in [0.25, 0.3) is 11.4 Å². The number of aromatic amines is 1. The molecule has 1 fully saturated rings. The van der Waals surface area contributed by atoms with E-state index in [9.17, 15) is 0 Å². The fraction of sp³-hybridized carbons (Fsp3) is 0.333. The molecule has 29 heavy (non-hydrogen) atoms. The van der Waals surface area contributed by atoms with Crippen LogP contribution in [0.2, 0.25) is 0 Å². The number of nitrogens with zero attached hydrogens (tertiary/aromatic N) is 3. The average molecular weight is 475 g/mol. The van der Waals surface area contributed by atoms with E-state index in [4.69, 9.17) is 21.7 Å². The van der Waals surface area contributed by atoms with Gasteiger partial charge in [-0.15, -0.1) is 0 Å². The van der Waals surface area contributed by atoms with Gasteiger partial charge in [-0.05, 0) is 49.3 Å². The third-order valence-corrected chi connectivity index (χ3v) is 6.29. The van der Waals surface area contributed by atoms with Crippen molar-refractivity contribution in [1.82, 2.24) is 19.7 Å². The summed E-state index contributed by atoms with van der Waals surface area (Å²) in [5.41, 5.74) is 2.13. The number of aromatic nitrogens is 3.